The zero-order valence-corrected chi connectivity index (χ0v) is 16.7. The summed E-state index contributed by atoms with van der Waals surface area (Å²) in [5, 5.41) is 3.57. The van der Waals surface area contributed by atoms with Gasteiger partial charge in [-0.2, -0.15) is 0 Å². The number of ether oxygens (including phenoxy) is 1. The van der Waals surface area contributed by atoms with E-state index >= 15 is 0 Å². The van der Waals surface area contributed by atoms with Gasteiger partial charge in [-0.15, -0.1) is 0 Å². The summed E-state index contributed by atoms with van der Waals surface area (Å²) < 4.78 is 6.24. The molecular formula is C26H29NO. The van der Waals surface area contributed by atoms with Gasteiger partial charge in [-0.05, 0) is 16.7 Å². The van der Waals surface area contributed by atoms with Gasteiger partial charge in [0, 0.05) is 26.1 Å². The Labute approximate surface area is 168 Å². The van der Waals surface area contributed by atoms with E-state index in [1.807, 2.05) is 25.3 Å². The normalized spacial score (nSPS) is 12.9. The lowest BCUT2D eigenvalue weighted by Crippen LogP contribution is -2.42. The van der Waals surface area contributed by atoms with E-state index in [0.29, 0.717) is 0 Å². The van der Waals surface area contributed by atoms with E-state index in [9.17, 15) is 0 Å². The molecule has 3 rings (SSSR count). The zero-order valence-electron chi connectivity index (χ0n) is 16.7. The quantitative estimate of drug-likeness (QED) is 0.500. The van der Waals surface area contributed by atoms with Gasteiger partial charge < -0.3 is 10.1 Å². The number of hydrogen-bond acceptors (Lipinski definition) is 2. The van der Waals surface area contributed by atoms with Crippen LogP contribution in [0.25, 0.3) is 6.08 Å². The molecule has 0 aliphatic carbocycles. The molecule has 1 unspecified atom stereocenters. The molecule has 0 aliphatic rings. The third-order valence-electron chi connectivity index (χ3n) is 5.24. The summed E-state index contributed by atoms with van der Waals surface area (Å²) in [6, 6.07) is 31.4. The van der Waals surface area contributed by atoms with Crippen LogP contribution in [0.4, 0.5) is 0 Å². The Morgan fingerprint density at radius 3 is 1.82 bits per heavy atom. The van der Waals surface area contributed by atoms with Crippen molar-refractivity contribution >= 4 is 6.08 Å². The van der Waals surface area contributed by atoms with Crippen molar-refractivity contribution in [1.82, 2.24) is 5.32 Å². The van der Waals surface area contributed by atoms with E-state index in [1.54, 1.807) is 0 Å². The Morgan fingerprint density at radius 2 is 1.32 bits per heavy atom. The van der Waals surface area contributed by atoms with Crippen molar-refractivity contribution in [2.24, 2.45) is 5.92 Å². The van der Waals surface area contributed by atoms with Gasteiger partial charge in [0.1, 0.15) is 5.60 Å². The van der Waals surface area contributed by atoms with Crippen molar-refractivity contribution < 1.29 is 4.74 Å². The third-order valence-corrected chi connectivity index (χ3v) is 5.24. The van der Waals surface area contributed by atoms with Gasteiger partial charge in [0.25, 0.3) is 0 Å². The molecule has 3 aromatic carbocycles. The molecule has 28 heavy (non-hydrogen) atoms. The van der Waals surface area contributed by atoms with Gasteiger partial charge in [-0.3, -0.25) is 0 Å². The second kappa shape index (κ2) is 10.0. The summed E-state index contributed by atoms with van der Waals surface area (Å²) in [7, 11) is 1.81. The highest BCUT2D eigenvalue weighted by Gasteiger charge is 2.39. The maximum atomic E-state index is 6.24. The fourth-order valence-electron chi connectivity index (χ4n) is 3.83. The molecule has 0 fully saturated rings. The average molecular weight is 372 g/mol. The minimum atomic E-state index is -0.487. The summed E-state index contributed by atoms with van der Waals surface area (Å²) in [4.78, 5) is 0. The highest BCUT2D eigenvalue weighted by atomic mass is 16.5. The second-order valence-electron chi connectivity index (χ2n) is 7.04. The Kier molecular flexibility index (Phi) is 7.18. The molecule has 0 spiro atoms. The molecule has 144 valence electrons. The zero-order chi connectivity index (χ0) is 19.7. The van der Waals surface area contributed by atoms with Crippen LogP contribution in [0.3, 0.4) is 0 Å². The molecule has 2 nitrogen and oxygen atoms in total. The van der Waals surface area contributed by atoms with Gasteiger partial charge in [-0.1, -0.05) is 110 Å². The molecule has 0 amide bonds. The fourth-order valence-corrected chi connectivity index (χ4v) is 3.83. The summed E-state index contributed by atoms with van der Waals surface area (Å²) >= 11 is 0. The van der Waals surface area contributed by atoms with Gasteiger partial charge in [0.2, 0.25) is 0 Å². The first-order valence-electron chi connectivity index (χ1n) is 9.86. The van der Waals surface area contributed by atoms with Crippen LogP contribution in [0.5, 0.6) is 0 Å². The molecule has 2 heteroatoms. The van der Waals surface area contributed by atoms with Gasteiger partial charge >= 0.3 is 0 Å². The molecule has 0 saturated carbocycles. The van der Waals surface area contributed by atoms with Crippen LogP contribution in [0.15, 0.2) is 97.1 Å². The van der Waals surface area contributed by atoms with E-state index < -0.39 is 5.60 Å². The minimum absolute atomic E-state index is 0.243. The smallest absolute Gasteiger partial charge is 0.121 e. The third kappa shape index (κ3) is 4.59. The molecule has 1 atom stereocenters. The van der Waals surface area contributed by atoms with Gasteiger partial charge in [0.05, 0.1) is 0 Å². The molecule has 0 saturated heterocycles. The van der Waals surface area contributed by atoms with Crippen molar-refractivity contribution in [3.05, 3.63) is 114 Å². The lowest BCUT2D eigenvalue weighted by atomic mass is 9.76. The molecule has 0 aromatic heterocycles. The van der Waals surface area contributed by atoms with Gasteiger partial charge in [-0.25, -0.2) is 0 Å². The van der Waals surface area contributed by atoms with Crippen molar-refractivity contribution in [3.63, 3.8) is 0 Å². The summed E-state index contributed by atoms with van der Waals surface area (Å²) in [6.45, 7) is 3.91. The van der Waals surface area contributed by atoms with E-state index in [1.165, 1.54) is 16.7 Å². The van der Waals surface area contributed by atoms with Crippen LogP contribution in [0.2, 0.25) is 0 Å². The molecule has 0 aliphatic heterocycles. The first-order valence-corrected chi connectivity index (χ1v) is 9.86. The van der Waals surface area contributed by atoms with Crippen LogP contribution in [0, 0.1) is 5.92 Å². The predicted molar refractivity (Wildman–Crippen MR) is 118 cm³/mol. The molecular weight excluding hydrogens is 342 g/mol. The number of nitrogens with one attached hydrogen (secondary N) is 1. The average Bonchev–Trinajstić information content (AvgIpc) is 2.77. The molecule has 1 N–H and O–H groups in total. The van der Waals surface area contributed by atoms with E-state index in [2.05, 4.69) is 97.2 Å². The predicted octanol–water partition coefficient (Wildman–Crippen LogP) is 5.52. The Morgan fingerprint density at radius 1 is 0.821 bits per heavy atom. The number of benzene rings is 3. The molecule has 0 bridgehead atoms. The van der Waals surface area contributed by atoms with E-state index in [-0.39, 0.29) is 5.92 Å². The Bertz CT molecular complexity index is 804. The Hall–Kier alpha value is -2.68. The summed E-state index contributed by atoms with van der Waals surface area (Å²) in [5.41, 5.74) is 3.09. The van der Waals surface area contributed by atoms with E-state index in [4.69, 9.17) is 4.74 Å². The fraction of sp³-hybridized carbons (Fsp3) is 0.231. The molecule has 0 radical (unpaired) electrons. The molecule has 3 aromatic rings. The van der Waals surface area contributed by atoms with Crippen molar-refractivity contribution in [2.75, 3.05) is 20.2 Å². The van der Waals surface area contributed by atoms with Crippen LogP contribution in [0.1, 0.15) is 23.6 Å². The second-order valence-corrected chi connectivity index (χ2v) is 7.04. The highest BCUT2D eigenvalue weighted by molar-refractivity contribution is 5.48. The highest BCUT2D eigenvalue weighted by Crippen LogP contribution is 2.39. The van der Waals surface area contributed by atoms with Gasteiger partial charge in [0.15, 0.2) is 0 Å². The van der Waals surface area contributed by atoms with Crippen LogP contribution in [-0.2, 0) is 10.3 Å². The number of hydrogen-bond donors (Lipinski definition) is 1. The molecule has 0 heterocycles. The maximum absolute atomic E-state index is 6.24. The lowest BCUT2D eigenvalue weighted by molar-refractivity contribution is -0.0228. The SMILES string of the molecule is COC(c1ccccc1)(c1ccccc1)C(C)CNC/C=C/c1ccccc1. The maximum Gasteiger partial charge on any atom is 0.121 e. The van der Waals surface area contributed by atoms with E-state index in [0.717, 1.165) is 13.1 Å². The van der Waals surface area contributed by atoms with Crippen LogP contribution in [-0.4, -0.2) is 20.2 Å². The van der Waals surface area contributed by atoms with Crippen molar-refractivity contribution in [2.45, 2.75) is 12.5 Å². The first kappa shape index (κ1) is 20.1. The number of methoxy groups -OCH3 is 1. The van der Waals surface area contributed by atoms with Crippen molar-refractivity contribution in [3.8, 4) is 0 Å². The standard InChI is InChI=1S/C26H29NO/c1-22(21-27-20-12-15-23-13-6-3-7-14-23)26(28-2,24-16-8-4-9-17-24)25-18-10-5-11-19-25/h3-19,22,27H,20-21H2,1-2H3/b15-12+. The largest absolute Gasteiger partial charge is 0.368 e. The monoisotopic (exact) mass is 371 g/mol. The number of rotatable bonds is 9. The minimum Gasteiger partial charge on any atom is -0.368 e. The lowest BCUT2D eigenvalue weighted by Gasteiger charge is -2.39. The first-order chi connectivity index (χ1) is 13.8. The van der Waals surface area contributed by atoms with Crippen LogP contribution >= 0.6 is 0 Å². The summed E-state index contributed by atoms with van der Waals surface area (Å²) in [6.07, 6.45) is 4.32. The van der Waals surface area contributed by atoms with Crippen molar-refractivity contribution in [1.29, 1.82) is 0 Å². The van der Waals surface area contributed by atoms with Crippen LogP contribution < -0.4 is 5.32 Å². The Balaban J connectivity index is 1.74. The topological polar surface area (TPSA) is 21.3 Å². The summed E-state index contributed by atoms with van der Waals surface area (Å²) in [5.74, 6) is 0.243.